The van der Waals surface area contributed by atoms with Crippen LogP contribution in [0.4, 0.5) is 0 Å². The van der Waals surface area contributed by atoms with Gasteiger partial charge in [-0.2, -0.15) is 0 Å². The smallest absolute Gasteiger partial charge is 0.150 e. The zero-order valence-corrected chi connectivity index (χ0v) is 9.54. The van der Waals surface area contributed by atoms with E-state index in [0.717, 1.165) is 23.8 Å². The van der Waals surface area contributed by atoms with Crippen LogP contribution >= 0.6 is 0 Å². The lowest BCUT2D eigenvalue weighted by Crippen LogP contribution is -1.87. The maximum Gasteiger partial charge on any atom is 0.150 e. The van der Waals surface area contributed by atoms with Crippen LogP contribution in [0.1, 0.15) is 11.1 Å². The molecule has 0 aromatic heterocycles. The van der Waals surface area contributed by atoms with Gasteiger partial charge in [0.25, 0.3) is 0 Å². The highest BCUT2D eigenvalue weighted by Gasteiger charge is 1.98. The average molecular weight is 222 g/mol. The van der Waals surface area contributed by atoms with Gasteiger partial charge in [0.05, 0.1) is 0 Å². The van der Waals surface area contributed by atoms with Gasteiger partial charge in [-0.1, -0.05) is 66.7 Å². The van der Waals surface area contributed by atoms with E-state index in [1.807, 2.05) is 54.6 Å². The Morgan fingerprint density at radius 3 is 2.06 bits per heavy atom. The molecular formula is C16H14O. The van der Waals surface area contributed by atoms with Crippen molar-refractivity contribution in [1.29, 1.82) is 0 Å². The Morgan fingerprint density at radius 2 is 1.47 bits per heavy atom. The van der Waals surface area contributed by atoms with Gasteiger partial charge in [0.2, 0.25) is 0 Å². The van der Waals surface area contributed by atoms with Gasteiger partial charge in [0, 0.05) is 5.57 Å². The minimum atomic E-state index is 0.745. The van der Waals surface area contributed by atoms with Gasteiger partial charge in [-0.15, -0.1) is 0 Å². The molecule has 0 heterocycles. The second kappa shape index (κ2) is 5.80. The van der Waals surface area contributed by atoms with E-state index < -0.39 is 0 Å². The number of aldehydes is 1. The molecule has 17 heavy (non-hydrogen) atoms. The van der Waals surface area contributed by atoms with Crippen LogP contribution in [-0.2, 0) is 11.2 Å². The molecule has 2 rings (SSSR count). The molecular weight excluding hydrogens is 208 g/mol. The highest BCUT2D eigenvalue weighted by atomic mass is 16.1. The average Bonchev–Trinajstić information content (AvgIpc) is 2.42. The van der Waals surface area contributed by atoms with Gasteiger partial charge in [-0.25, -0.2) is 0 Å². The predicted molar refractivity (Wildman–Crippen MR) is 70.6 cm³/mol. The normalized spacial score (nSPS) is 11.2. The number of allylic oxidation sites excluding steroid dienone is 2. The zero-order chi connectivity index (χ0) is 11.9. The van der Waals surface area contributed by atoms with Crippen molar-refractivity contribution in [2.24, 2.45) is 0 Å². The Bertz CT molecular complexity index is 498. The van der Waals surface area contributed by atoms with Gasteiger partial charge >= 0.3 is 0 Å². The van der Waals surface area contributed by atoms with E-state index in [2.05, 4.69) is 12.1 Å². The van der Waals surface area contributed by atoms with Crippen molar-refractivity contribution in [2.75, 3.05) is 0 Å². The van der Waals surface area contributed by atoms with Crippen LogP contribution in [0.5, 0.6) is 0 Å². The maximum atomic E-state index is 11.1. The molecule has 0 bridgehead atoms. The van der Waals surface area contributed by atoms with Crippen molar-refractivity contribution in [2.45, 2.75) is 6.42 Å². The van der Waals surface area contributed by atoms with Gasteiger partial charge < -0.3 is 0 Å². The molecule has 1 nitrogen and oxygen atoms in total. The number of hydrogen-bond donors (Lipinski definition) is 0. The molecule has 0 saturated carbocycles. The summed E-state index contributed by atoms with van der Waals surface area (Å²) in [5.41, 5.74) is 2.93. The van der Waals surface area contributed by atoms with Crippen molar-refractivity contribution >= 4 is 11.9 Å². The highest BCUT2D eigenvalue weighted by molar-refractivity contribution is 6.06. The van der Waals surface area contributed by atoms with Crippen LogP contribution in [0.2, 0.25) is 0 Å². The van der Waals surface area contributed by atoms with Crippen LogP contribution in [-0.4, -0.2) is 6.29 Å². The molecule has 0 radical (unpaired) electrons. The molecule has 0 aliphatic rings. The fourth-order valence-corrected chi connectivity index (χ4v) is 1.71. The van der Waals surface area contributed by atoms with E-state index in [4.69, 9.17) is 0 Å². The quantitative estimate of drug-likeness (QED) is 0.571. The summed E-state index contributed by atoms with van der Waals surface area (Å²) in [6, 6.07) is 19.8. The molecule has 84 valence electrons. The van der Waals surface area contributed by atoms with Crippen molar-refractivity contribution in [3.8, 4) is 0 Å². The van der Waals surface area contributed by atoms with Crippen LogP contribution in [0, 0.1) is 0 Å². The molecule has 0 aliphatic carbocycles. The summed E-state index contributed by atoms with van der Waals surface area (Å²) in [4.78, 5) is 11.1. The molecule has 1 heteroatoms. The number of benzene rings is 2. The Balaban J connectivity index is 2.17. The lowest BCUT2D eigenvalue weighted by molar-refractivity contribution is -0.103. The van der Waals surface area contributed by atoms with Crippen molar-refractivity contribution in [1.82, 2.24) is 0 Å². The fraction of sp³-hybridized carbons (Fsp3) is 0.0625. The second-order valence-corrected chi connectivity index (χ2v) is 3.83. The first-order valence-electron chi connectivity index (χ1n) is 5.65. The van der Waals surface area contributed by atoms with Crippen molar-refractivity contribution < 1.29 is 4.79 Å². The molecule has 0 atom stereocenters. The molecule has 0 saturated heterocycles. The SMILES string of the molecule is O=C/C(=C/Cc1ccccc1)c1ccccc1. The summed E-state index contributed by atoms with van der Waals surface area (Å²) in [5.74, 6) is 0. The van der Waals surface area contributed by atoms with E-state index in [-0.39, 0.29) is 0 Å². The van der Waals surface area contributed by atoms with Crippen molar-refractivity contribution in [3.63, 3.8) is 0 Å². The first-order valence-corrected chi connectivity index (χ1v) is 5.65. The zero-order valence-electron chi connectivity index (χ0n) is 9.54. The molecule has 0 unspecified atom stereocenters. The molecule has 0 N–H and O–H groups in total. The molecule has 2 aromatic rings. The van der Waals surface area contributed by atoms with E-state index in [1.165, 1.54) is 5.56 Å². The van der Waals surface area contributed by atoms with Crippen LogP contribution in [0.3, 0.4) is 0 Å². The Labute approximate surface area is 101 Å². The summed E-state index contributed by atoms with van der Waals surface area (Å²) in [6.07, 6.45) is 3.67. The summed E-state index contributed by atoms with van der Waals surface area (Å²) in [5, 5.41) is 0. The standard InChI is InChI=1S/C16H14O/c17-13-16(15-9-5-2-6-10-15)12-11-14-7-3-1-4-8-14/h1-10,12-13H,11H2/b16-12-. The van der Waals surface area contributed by atoms with Crippen LogP contribution in [0.15, 0.2) is 66.7 Å². The maximum absolute atomic E-state index is 11.1. The molecule has 0 aliphatic heterocycles. The third-order valence-corrected chi connectivity index (χ3v) is 2.63. The Kier molecular flexibility index (Phi) is 3.87. The topological polar surface area (TPSA) is 17.1 Å². The van der Waals surface area contributed by atoms with Gasteiger partial charge in [-0.3, -0.25) is 4.79 Å². The Hall–Kier alpha value is -2.15. The summed E-state index contributed by atoms with van der Waals surface area (Å²) in [6.45, 7) is 0. The first-order chi connectivity index (χ1) is 8.40. The minimum absolute atomic E-state index is 0.745. The lowest BCUT2D eigenvalue weighted by atomic mass is 10.0. The van der Waals surface area contributed by atoms with E-state index in [0.29, 0.717) is 0 Å². The van der Waals surface area contributed by atoms with Gasteiger partial charge in [0.1, 0.15) is 6.29 Å². The monoisotopic (exact) mass is 222 g/mol. The summed E-state index contributed by atoms with van der Waals surface area (Å²) < 4.78 is 0. The van der Waals surface area contributed by atoms with Crippen molar-refractivity contribution in [3.05, 3.63) is 77.9 Å². The lowest BCUT2D eigenvalue weighted by Gasteiger charge is -2.00. The minimum Gasteiger partial charge on any atom is -0.298 e. The van der Waals surface area contributed by atoms with E-state index in [1.54, 1.807) is 0 Å². The molecule has 0 fully saturated rings. The Morgan fingerprint density at radius 1 is 0.882 bits per heavy atom. The van der Waals surface area contributed by atoms with E-state index in [9.17, 15) is 4.79 Å². The first kappa shape index (κ1) is 11.3. The third kappa shape index (κ3) is 3.15. The third-order valence-electron chi connectivity index (χ3n) is 2.63. The summed E-state index contributed by atoms with van der Waals surface area (Å²) in [7, 11) is 0. The van der Waals surface area contributed by atoms with Gasteiger partial charge in [0.15, 0.2) is 0 Å². The van der Waals surface area contributed by atoms with Crippen LogP contribution in [0.25, 0.3) is 5.57 Å². The number of carbonyl (C=O) groups is 1. The summed E-state index contributed by atoms with van der Waals surface area (Å²) >= 11 is 0. The molecule has 2 aromatic carbocycles. The van der Waals surface area contributed by atoms with E-state index >= 15 is 0 Å². The van der Waals surface area contributed by atoms with Crippen LogP contribution < -0.4 is 0 Å². The predicted octanol–water partition coefficient (Wildman–Crippen LogP) is 3.51. The number of hydrogen-bond acceptors (Lipinski definition) is 1. The highest BCUT2D eigenvalue weighted by Crippen LogP contribution is 2.13. The number of carbonyl (C=O) groups excluding carboxylic acids is 1. The second-order valence-electron chi connectivity index (χ2n) is 3.83. The molecule has 0 amide bonds. The largest absolute Gasteiger partial charge is 0.298 e. The number of rotatable bonds is 4. The fourth-order valence-electron chi connectivity index (χ4n) is 1.71. The molecule has 0 spiro atoms. The van der Waals surface area contributed by atoms with Gasteiger partial charge in [-0.05, 0) is 17.5 Å².